The van der Waals surface area contributed by atoms with Crippen LogP contribution >= 0.6 is 0 Å². The molecule has 4 heteroatoms. The normalized spacial score (nSPS) is 20.2. The highest BCUT2D eigenvalue weighted by Gasteiger charge is 2.24. The van der Waals surface area contributed by atoms with Gasteiger partial charge < -0.3 is 14.2 Å². The van der Waals surface area contributed by atoms with Gasteiger partial charge in [0.15, 0.2) is 0 Å². The van der Waals surface area contributed by atoms with E-state index in [1.165, 1.54) is 38.6 Å². The van der Waals surface area contributed by atoms with Gasteiger partial charge in [0.1, 0.15) is 0 Å². The number of fused-ring (bicyclic) bond motifs is 1. The van der Waals surface area contributed by atoms with Crippen molar-refractivity contribution >= 4 is 16.9 Å². The fraction of sp³-hybridized carbons (Fsp3) is 0.609. The third kappa shape index (κ3) is 4.37. The summed E-state index contributed by atoms with van der Waals surface area (Å²) in [5.41, 5.74) is 1.75. The van der Waals surface area contributed by atoms with Crippen molar-refractivity contribution in [2.75, 3.05) is 26.2 Å². The predicted molar refractivity (Wildman–Crippen MR) is 109 cm³/mol. The lowest BCUT2D eigenvalue weighted by Crippen LogP contribution is -2.38. The van der Waals surface area contributed by atoms with E-state index >= 15 is 0 Å². The van der Waals surface area contributed by atoms with Crippen molar-refractivity contribution in [2.45, 2.75) is 44.9 Å². The Labute approximate surface area is 162 Å². The van der Waals surface area contributed by atoms with E-state index in [9.17, 15) is 4.79 Å². The summed E-state index contributed by atoms with van der Waals surface area (Å²) in [6, 6.07) is 8.00. The van der Waals surface area contributed by atoms with E-state index in [1.54, 1.807) is 0 Å². The first-order chi connectivity index (χ1) is 13.2. The van der Waals surface area contributed by atoms with Crippen molar-refractivity contribution in [3.63, 3.8) is 0 Å². The summed E-state index contributed by atoms with van der Waals surface area (Å²) < 4.78 is 7.70. The minimum atomic E-state index is -0.184. The largest absolute Gasteiger partial charge is 0.462 e. The third-order valence-electron chi connectivity index (χ3n) is 6.52. The molecular formula is C23H32N2O2. The summed E-state index contributed by atoms with van der Waals surface area (Å²) >= 11 is 0. The third-order valence-corrected chi connectivity index (χ3v) is 6.52. The Balaban J connectivity index is 1.25. The second kappa shape index (κ2) is 8.47. The number of benzene rings is 1. The average Bonchev–Trinajstić information content (AvgIpc) is 3.05. The quantitative estimate of drug-likeness (QED) is 0.722. The lowest BCUT2D eigenvalue weighted by atomic mass is 9.88. The second-order valence-electron chi connectivity index (χ2n) is 8.52. The van der Waals surface area contributed by atoms with Gasteiger partial charge >= 0.3 is 5.97 Å². The van der Waals surface area contributed by atoms with E-state index in [4.69, 9.17) is 4.74 Å². The van der Waals surface area contributed by atoms with Crippen LogP contribution in [0, 0.1) is 11.8 Å². The van der Waals surface area contributed by atoms with Crippen LogP contribution in [-0.2, 0) is 11.8 Å². The molecule has 1 saturated carbocycles. The zero-order valence-electron chi connectivity index (χ0n) is 16.5. The molecule has 1 aliphatic carbocycles. The fourth-order valence-corrected chi connectivity index (χ4v) is 4.85. The Morgan fingerprint density at radius 3 is 2.56 bits per heavy atom. The maximum absolute atomic E-state index is 12.6. The van der Waals surface area contributed by atoms with Crippen molar-refractivity contribution in [1.82, 2.24) is 9.47 Å². The van der Waals surface area contributed by atoms with E-state index < -0.39 is 0 Å². The summed E-state index contributed by atoms with van der Waals surface area (Å²) in [5.74, 6) is 1.24. The van der Waals surface area contributed by atoms with Crippen molar-refractivity contribution in [3.8, 4) is 0 Å². The van der Waals surface area contributed by atoms with Gasteiger partial charge in [0.25, 0.3) is 0 Å². The molecule has 2 fully saturated rings. The van der Waals surface area contributed by atoms with Gasteiger partial charge in [-0.15, -0.1) is 0 Å². The number of carbonyl (C=O) groups is 1. The van der Waals surface area contributed by atoms with Crippen LogP contribution in [0.3, 0.4) is 0 Å². The van der Waals surface area contributed by atoms with E-state index in [-0.39, 0.29) is 5.97 Å². The first-order valence-electron chi connectivity index (χ1n) is 10.6. The van der Waals surface area contributed by atoms with Crippen molar-refractivity contribution in [1.29, 1.82) is 0 Å². The number of para-hydroxylation sites is 1. The number of esters is 1. The lowest BCUT2D eigenvalue weighted by molar-refractivity contribution is 0.0362. The van der Waals surface area contributed by atoms with Crippen LogP contribution in [0.15, 0.2) is 30.5 Å². The molecular weight excluding hydrogens is 336 g/mol. The zero-order chi connectivity index (χ0) is 18.6. The van der Waals surface area contributed by atoms with Crippen molar-refractivity contribution < 1.29 is 9.53 Å². The Kier molecular flexibility index (Phi) is 5.82. The molecule has 0 unspecified atom stereocenters. The number of rotatable bonds is 5. The molecule has 1 aromatic heterocycles. The van der Waals surface area contributed by atoms with Crippen LogP contribution < -0.4 is 0 Å². The van der Waals surface area contributed by atoms with E-state index in [1.807, 2.05) is 42.1 Å². The highest BCUT2D eigenvalue weighted by atomic mass is 16.5. The number of piperidine rings is 1. The van der Waals surface area contributed by atoms with Crippen LogP contribution in [0.2, 0.25) is 0 Å². The van der Waals surface area contributed by atoms with Gasteiger partial charge in [0, 0.05) is 30.7 Å². The highest BCUT2D eigenvalue weighted by Crippen LogP contribution is 2.27. The van der Waals surface area contributed by atoms with Gasteiger partial charge in [0.05, 0.1) is 12.2 Å². The lowest BCUT2D eigenvalue weighted by Gasteiger charge is -2.35. The van der Waals surface area contributed by atoms with Crippen LogP contribution in [0.4, 0.5) is 0 Å². The molecule has 146 valence electrons. The summed E-state index contributed by atoms with van der Waals surface area (Å²) in [4.78, 5) is 15.2. The second-order valence-corrected chi connectivity index (χ2v) is 8.52. The molecule has 0 amide bonds. The van der Waals surface area contributed by atoms with Gasteiger partial charge in [-0.2, -0.15) is 0 Å². The number of carbonyl (C=O) groups excluding carboxylic acids is 1. The SMILES string of the molecule is Cn1cc(C(=O)OCC2CCN(CC3CCCCC3)CC2)c2ccccc21. The minimum Gasteiger partial charge on any atom is -0.462 e. The Bertz CT molecular complexity index is 768. The predicted octanol–water partition coefficient (Wildman–Crippen LogP) is 4.63. The molecule has 4 nitrogen and oxygen atoms in total. The Morgan fingerprint density at radius 1 is 1.04 bits per heavy atom. The molecule has 0 N–H and O–H groups in total. The maximum Gasteiger partial charge on any atom is 0.340 e. The van der Waals surface area contributed by atoms with Gasteiger partial charge in [-0.05, 0) is 56.7 Å². The van der Waals surface area contributed by atoms with Crippen LogP contribution in [0.1, 0.15) is 55.3 Å². The molecule has 1 aliphatic heterocycles. The number of likely N-dealkylation sites (tertiary alicyclic amines) is 1. The molecule has 0 atom stereocenters. The van der Waals surface area contributed by atoms with Gasteiger partial charge in [-0.1, -0.05) is 37.5 Å². The fourth-order valence-electron chi connectivity index (χ4n) is 4.85. The monoisotopic (exact) mass is 368 g/mol. The average molecular weight is 369 g/mol. The number of nitrogens with zero attached hydrogens (tertiary/aromatic N) is 2. The van der Waals surface area contributed by atoms with Crippen molar-refractivity contribution in [3.05, 3.63) is 36.0 Å². The molecule has 27 heavy (non-hydrogen) atoms. The van der Waals surface area contributed by atoms with Crippen LogP contribution in [-0.4, -0.2) is 41.7 Å². The first kappa shape index (κ1) is 18.5. The number of aryl methyl sites for hydroxylation is 1. The summed E-state index contributed by atoms with van der Waals surface area (Å²) in [6.07, 6.45) is 11.3. The molecule has 2 heterocycles. The Hall–Kier alpha value is -1.81. The van der Waals surface area contributed by atoms with Gasteiger partial charge in [-0.25, -0.2) is 4.79 Å². The molecule has 4 rings (SSSR count). The summed E-state index contributed by atoms with van der Waals surface area (Å²) in [5, 5.41) is 0.979. The van der Waals surface area contributed by atoms with Gasteiger partial charge in [0.2, 0.25) is 0 Å². The number of aromatic nitrogens is 1. The molecule has 2 aromatic rings. The van der Waals surface area contributed by atoms with E-state index in [0.29, 0.717) is 18.1 Å². The summed E-state index contributed by atoms with van der Waals surface area (Å²) in [6.45, 7) is 4.15. The molecule has 0 bridgehead atoms. The molecule has 2 aliphatic rings. The molecule has 0 spiro atoms. The van der Waals surface area contributed by atoms with Crippen molar-refractivity contribution in [2.24, 2.45) is 18.9 Å². The van der Waals surface area contributed by atoms with E-state index in [2.05, 4.69) is 4.90 Å². The Morgan fingerprint density at radius 2 is 1.78 bits per heavy atom. The van der Waals surface area contributed by atoms with Crippen LogP contribution in [0.5, 0.6) is 0 Å². The number of hydrogen-bond acceptors (Lipinski definition) is 3. The van der Waals surface area contributed by atoms with Gasteiger partial charge in [-0.3, -0.25) is 0 Å². The topological polar surface area (TPSA) is 34.5 Å². The number of ether oxygens (including phenoxy) is 1. The highest BCUT2D eigenvalue weighted by molar-refractivity contribution is 6.04. The first-order valence-corrected chi connectivity index (χ1v) is 10.6. The molecule has 0 radical (unpaired) electrons. The minimum absolute atomic E-state index is 0.184. The smallest absolute Gasteiger partial charge is 0.340 e. The standard InChI is InChI=1S/C23H32N2O2/c1-24-16-21(20-9-5-6-10-22(20)24)23(26)27-17-19-11-13-25(14-12-19)15-18-7-3-2-4-8-18/h5-6,9-10,16,18-19H,2-4,7-8,11-15,17H2,1H3. The summed E-state index contributed by atoms with van der Waals surface area (Å²) in [7, 11) is 1.97. The molecule has 1 aromatic carbocycles. The number of hydrogen-bond donors (Lipinski definition) is 0. The van der Waals surface area contributed by atoms with E-state index in [0.717, 1.165) is 42.8 Å². The maximum atomic E-state index is 12.6. The van der Waals surface area contributed by atoms with Crippen LogP contribution in [0.25, 0.3) is 10.9 Å². The molecule has 1 saturated heterocycles. The zero-order valence-corrected chi connectivity index (χ0v) is 16.5.